The van der Waals surface area contributed by atoms with Crippen molar-refractivity contribution in [1.29, 1.82) is 0 Å². The normalized spacial score (nSPS) is 11.4. The molecule has 0 atom stereocenters. The highest BCUT2D eigenvalue weighted by atomic mass is 16.4. The fraction of sp³-hybridized carbons (Fsp3) is 0.292. The van der Waals surface area contributed by atoms with Crippen LogP contribution < -0.4 is 0 Å². The van der Waals surface area contributed by atoms with Gasteiger partial charge < -0.3 is 5.11 Å². The number of hydrogen-bond donors (Lipinski definition) is 1. The summed E-state index contributed by atoms with van der Waals surface area (Å²) in [5.74, 6) is 1.41. The Balaban J connectivity index is 1.84. The Hall–Kier alpha value is -3.21. The Bertz CT molecular complexity index is 1000. The van der Waals surface area contributed by atoms with Gasteiger partial charge in [-0.2, -0.15) is 5.10 Å². The van der Waals surface area contributed by atoms with Crippen LogP contribution in [0.15, 0.2) is 60.7 Å². The molecule has 2 aromatic carbocycles. The fourth-order valence-electron chi connectivity index (χ4n) is 3.27. The molecular weight excluding hydrogens is 362 g/mol. The number of aromatic carboxylic acids is 1. The Morgan fingerprint density at radius 3 is 2.52 bits per heavy atom. The zero-order chi connectivity index (χ0) is 20.8. The summed E-state index contributed by atoms with van der Waals surface area (Å²) in [7, 11) is 0. The van der Waals surface area contributed by atoms with Crippen LogP contribution in [0.1, 0.15) is 48.3 Å². The van der Waals surface area contributed by atoms with Crippen molar-refractivity contribution in [2.45, 2.75) is 40.2 Å². The molecule has 0 saturated carbocycles. The van der Waals surface area contributed by atoms with Gasteiger partial charge in [0, 0.05) is 12.8 Å². The van der Waals surface area contributed by atoms with Crippen molar-refractivity contribution in [1.82, 2.24) is 14.8 Å². The first-order valence-corrected chi connectivity index (χ1v) is 9.93. The Labute approximate surface area is 171 Å². The molecule has 0 aliphatic heterocycles. The molecule has 0 fully saturated rings. The second-order valence-electron chi connectivity index (χ2n) is 7.52. The quantitative estimate of drug-likeness (QED) is 0.550. The number of carbonyl (C=O) groups is 1. The van der Waals surface area contributed by atoms with Gasteiger partial charge in [-0.1, -0.05) is 68.5 Å². The van der Waals surface area contributed by atoms with Gasteiger partial charge in [0.25, 0.3) is 0 Å². The van der Waals surface area contributed by atoms with Crippen LogP contribution in [0.5, 0.6) is 0 Å². The van der Waals surface area contributed by atoms with Crippen LogP contribution in [-0.4, -0.2) is 25.8 Å². The standard InChI is InChI=1S/C24H27N3O2/c1-4-5-14-27-23(25-22(26-27)15-17(2)3)16-18-10-12-19(13-11-18)20-8-6-7-9-21(20)24(28)29/h4-13,17H,14-16H2,1-3H3,(H,28,29). The van der Waals surface area contributed by atoms with Crippen LogP contribution in [0.4, 0.5) is 0 Å². The Kier molecular flexibility index (Phi) is 6.60. The number of carboxylic acid groups (broad SMARTS) is 1. The Morgan fingerprint density at radius 2 is 1.86 bits per heavy atom. The molecule has 1 heterocycles. The minimum absolute atomic E-state index is 0.310. The molecule has 0 saturated heterocycles. The lowest BCUT2D eigenvalue weighted by Gasteiger charge is -2.08. The van der Waals surface area contributed by atoms with Crippen molar-refractivity contribution in [3.05, 3.63) is 83.5 Å². The highest BCUT2D eigenvalue weighted by Crippen LogP contribution is 2.24. The number of benzene rings is 2. The van der Waals surface area contributed by atoms with Gasteiger partial charge in [-0.25, -0.2) is 14.5 Å². The average Bonchev–Trinajstić information content (AvgIpc) is 3.07. The third-order valence-electron chi connectivity index (χ3n) is 4.68. The van der Waals surface area contributed by atoms with Crippen molar-refractivity contribution < 1.29 is 9.90 Å². The maximum atomic E-state index is 11.5. The van der Waals surface area contributed by atoms with Gasteiger partial charge in [0.15, 0.2) is 5.82 Å². The maximum Gasteiger partial charge on any atom is 0.336 e. The van der Waals surface area contributed by atoms with Crippen LogP contribution in [-0.2, 0) is 19.4 Å². The van der Waals surface area contributed by atoms with Crippen LogP contribution in [0, 0.1) is 5.92 Å². The summed E-state index contributed by atoms with van der Waals surface area (Å²) in [5.41, 5.74) is 3.04. The maximum absolute atomic E-state index is 11.5. The van der Waals surface area contributed by atoms with Crippen molar-refractivity contribution >= 4 is 5.97 Å². The van der Waals surface area contributed by atoms with E-state index in [0.29, 0.717) is 24.4 Å². The van der Waals surface area contributed by atoms with Gasteiger partial charge >= 0.3 is 5.97 Å². The zero-order valence-corrected chi connectivity index (χ0v) is 17.2. The topological polar surface area (TPSA) is 68.0 Å². The van der Waals surface area contributed by atoms with E-state index in [2.05, 4.69) is 25.0 Å². The third kappa shape index (κ3) is 5.19. The largest absolute Gasteiger partial charge is 0.478 e. The lowest BCUT2D eigenvalue weighted by molar-refractivity contribution is 0.0697. The van der Waals surface area contributed by atoms with Crippen molar-refractivity contribution in [3.63, 3.8) is 0 Å². The monoisotopic (exact) mass is 389 g/mol. The molecule has 0 aliphatic rings. The highest BCUT2D eigenvalue weighted by Gasteiger charge is 2.13. The summed E-state index contributed by atoms with van der Waals surface area (Å²) >= 11 is 0. The zero-order valence-electron chi connectivity index (χ0n) is 17.2. The summed E-state index contributed by atoms with van der Waals surface area (Å²) < 4.78 is 1.96. The average molecular weight is 389 g/mol. The summed E-state index contributed by atoms with van der Waals surface area (Å²) in [6.45, 7) is 7.04. The summed E-state index contributed by atoms with van der Waals surface area (Å²) in [5, 5.41) is 14.1. The van der Waals surface area contributed by atoms with E-state index in [4.69, 9.17) is 4.98 Å². The molecular formula is C24H27N3O2. The summed E-state index contributed by atoms with van der Waals surface area (Å²) in [6.07, 6.45) is 5.63. The first-order chi connectivity index (χ1) is 14.0. The van der Waals surface area contributed by atoms with Gasteiger partial charge in [0.05, 0.1) is 12.1 Å². The molecule has 0 bridgehead atoms. The molecule has 1 N–H and O–H groups in total. The van der Waals surface area contributed by atoms with E-state index in [0.717, 1.165) is 34.8 Å². The molecule has 5 heteroatoms. The molecule has 29 heavy (non-hydrogen) atoms. The van der Waals surface area contributed by atoms with Crippen LogP contribution in [0.25, 0.3) is 11.1 Å². The molecule has 0 amide bonds. The second-order valence-corrected chi connectivity index (χ2v) is 7.52. The predicted molar refractivity (Wildman–Crippen MR) is 115 cm³/mol. The number of aromatic nitrogens is 3. The SMILES string of the molecule is CC=CCn1nc(CC(C)C)nc1Cc1ccc(-c2ccccc2C(=O)O)cc1. The highest BCUT2D eigenvalue weighted by molar-refractivity contribution is 5.95. The Morgan fingerprint density at radius 1 is 1.14 bits per heavy atom. The van der Waals surface area contributed by atoms with E-state index in [1.807, 2.05) is 54.1 Å². The molecule has 1 aromatic heterocycles. The summed E-state index contributed by atoms with van der Waals surface area (Å²) in [4.78, 5) is 16.2. The van der Waals surface area contributed by atoms with Crippen molar-refractivity contribution in [2.24, 2.45) is 5.92 Å². The number of allylic oxidation sites excluding steroid dienone is 2. The van der Waals surface area contributed by atoms with E-state index >= 15 is 0 Å². The van der Waals surface area contributed by atoms with Crippen LogP contribution in [0.3, 0.4) is 0 Å². The number of rotatable bonds is 8. The number of nitrogens with zero attached hydrogens (tertiary/aromatic N) is 3. The predicted octanol–water partition coefficient (Wildman–Crippen LogP) is 5.01. The molecule has 0 unspecified atom stereocenters. The third-order valence-corrected chi connectivity index (χ3v) is 4.68. The molecule has 0 spiro atoms. The van der Waals surface area contributed by atoms with E-state index in [1.54, 1.807) is 12.1 Å². The second kappa shape index (κ2) is 9.32. The molecule has 3 aromatic rings. The minimum Gasteiger partial charge on any atom is -0.478 e. The molecule has 150 valence electrons. The lowest BCUT2D eigenvalue weighted by Crippen LogP contribution is -2.05. The van der Waals surface area contributed by atoms with Crippen LogP contribution >= 0.6 is 0 Å². The van der Waals surface area contributed by atoms with E-state index in [1.165, 1.54) is 0 Å². The number of hydrogen-bond acceptors (Lipinski definition) is 3. The van der Waals surface area contributed by atoms with Gasteiger partial charge in [-0.15, -0.1) is 0 Å². The van der Waals surface area contributed by atoms with Gasteiger partial charge in [-0.05, 0) is 35.6 Å². The molecule has 3 rings (SSSR count). The smallest absolute Gasteiger partial charge is 0.336 e. The van der Waals surface area contributed by atoms with Crippen LogP contribution in [0.2, 0.25) is 0 Å². The van der Waals surface area contributed by atoms with Crippen molar-refractivity contribution in [3.8, 4) is 11.1 Å². The minimum atomic E-state index is -0.917. The first kappa shape index (κ1) is 20.5. The molecule has 5 nitrogen and oxygen atoms in total. The molecule has 0 aliphatic carbocycles. The van der Waals surface area contributed by atoms with E-state index in [-0.39, 0.29) is 0 Å². The first-order valence-electron chi connectivity index (χ1n) is 9.93. The van der Waals surface area contributed by atoms with Crippen molar-refractivity contribution in [2.75, 3.05) is 0 Å². The molecule has 0 radical (unpaired) electrons. The number of carboxylic acids is 1. The fourth-order valence-corrected chi connectivity index (χ4v) is 3.27. The van der Waals surface area contributed by atoms with E-state index in [9.17, 15) is 9.90 Å². The van der Waals surface area contributed by atoms with Gasteiger partial charge in [0.1, 0.15) is 5.82 Å². The van der Waals surface area contributed by atoms with Gasteiger partial charge in [-0.3, -0.25) is 0 Å². The van der Waals surface area contributed by atoms with E-state index < -0.39 is 5.97 Å². The van der Waals surface area contributed by atoms with Gasteiger partial charge in [0.2, 0.25) is 0 Å². The summed E-state index contributed by atoms with van der Waals surface area (Å²) in [6, 6.07) is 15.1. The lowest BCUT2D eigenvalue weighted by atomic mass is 9.98.